The smallest absolute Gasteiger partial charge is 0.224 e. The third-order valence-electron chi connectivity index (χ3n) is 0.900. The Hall–Kier alpha value is -0.970. The molecule has 68 valence electrons. The highest BCUT2D eigenvalue weighted by Gasteiger charge is 1.98. The molecule has 0 heterocycles. The Morgan fingerprint density at radius 2 is 2.33 bits per heavy atom. The van der Waals surface area contributed by atoms with E-state index in [9.17, 15) is 4.79 Å². The minimum atomic E-state index is -0.0719. The Kier molecular flexibility index (Phi) is 5.19. The van der Waals surface area contributed by atoms with Gasteiger partial charge in [-0.3, -0.25) is 4.79 Å². The third kappa shape index (κ3) is 5.79. The molecule has 1 amide bonds. The predicted molar refractivity (Wildman–Crippen MR) is 52.5 cm³/mol. The van der Waals surface area contributed by atoms with Crippen LogP contribution in [0.5, 0.6) is 0 Å². The molecule has 3 N–H and O–H groups in total. The van der Waals surface area contributed by atoms with Crippen LogP contribution in [0.15, 0.2) is 16.0 Å². The van der Waals surface area contributed by atoms with Crippen molar-refractivity contribution in [3.8, 4) is 0 Å². The number of nitrogens with one attached hydrogen (secondary N) is 1. The Labute approximate surface area is 76.4 Å². The number of carbonyl (C=O) groups is 1. The van der Waals surface area contributed by atoms with Gasteiger partial charge in [0.1, 0.15) is 5.84 Å². The van der Waals surface area contributed by atoms with E-state index in [4.69, 9.17) is 5.73 Å². The molecule has 0 aromatic heterocycles. The predicted octanol–water partition coefficient (Wildman–Crippen LogP) is 1.01. The number of amides is 1. The molecule has 0 spiro atoms. The van der Waals surface area contributed by atoms with Crippen molar-refractivity contribution < 1.29 is 4.79 Å². The second kappa shape index (κ2) is 5.65. The number of nitrogens with zero attached hydrogens (tertiary/aromatic N) is 1. The van der Waals surface area contributed by atoms with Crippen LogP contribution in [0.4, 0.5) is 0 Å². The van der Waals surface area contributed by atoms with Gasteiger partial charge in [-0.25, -0.2) is 0 Å². The number of carbonyl (C=O) groups excluding carboxylic acids is 1. The monoisotopic (exact) mass is 187 g/mol. The van der Waals surface area contributed by atoms with Gasteiger partial charge in [0.15, 0.2) is 0 Å². The van der Waals surface area contributed by atoms with Crippen LogP contribution in [0, 0.1) is 0 Å². The van der Waals surface area contributed by atoms with Crippen LogP contribution in [-0.4, -0.2) is 11.7 Å². The van der Waals surface area contributed by atoms with Crippen LogP contribution in [0.2, 0.25) is 0 Å². The molecule has 0 rings (SSSR count). The zero-order valence-electron chi connectivity index (χ0n) is 7.26. The van der Waals surface area contributed by atoms with Gasteiger partial charge in [0.2, 0.25) is 5.91 Å². The Bertz CT molecular complexity index is 209. The van der Waals surface area contributed by atoms with E-state index in [1.807, 2.05) is 0 Å². The van der Waals surface area contributed by atoms with Crippen LogP contribution < -0.4 is 11.1 Å². The number of hydrogen-bond acceptors (Lipinski definition) is 3. The van der Waals surface area contributed by atoms with E-state index in [2.05, 4.69) is 16.3 Å². The van der Waals surface area contributed by atoms with Crippen LogP contribution in [-0.2, 0) is 4.79 Å². The normalized spacial score (nSPS) is 11.0. The second-order valence-corrected chi connectivity index (χ2v) is 3.01. The summed E-state index contributed by atoms with van der Waals surface area (Å²) in [5.41, 5.74) is 5.28. The van der Waals surface area contributed by atoms with Crippen molar-refractivity contribution in [2.75, 3.05) is 0 Å². The lowest BCUT2D eigenvalue weighted by Gasteiger charge is -2.02. The molecule has 0 unspecified atom stereocenters. The standard InChI is InChI=1S/C7H13N3OS/c1-4-7(11)9-6(3)12-10-5(2)8/h3-4H2,1-2H3,(H2,8,10)(H,9,11). The van der Waals surface area contributed by atoms with Gasteiger partial charge in [0.25, 0.3) is 0 Å². The topological polar surface area (TPSA) is 67.5 Å². The van der Waals surface area contributed by atoms with E-state index >= 15 is 0 Å². The fourth-order valence-electron chi connectivity index (χ4n) is 0.394. The molecule has 0 aromatic rings. The van der Waals surface area contributed by atoms with Gasteiger partial charge >= 0.3 is 0 Å². The van der Waals surface area contributed by atoms with Crippen LogP contribution in [0.3, 0.4) is 0 Å². The third-order valence-corrected chi connectivity index (χ3v) is 1.60. The largest absolute Gasteiger partial charge is 0.387 e. The fourth-order valence-corrected chi connectivity index (χ4v) is 0.807. The molecular formula is C7H13N3OS. The van der Waals surface area contributed by atoms with E-state index in [-0.39, 0.29) is 5.91 Å². The first kappa shape index (κ1) is 11.0. The van der Waals surface area contributed by atoms with E-state index in [0.29, 0.717) is 17.3 Å². The van der Waals surface area contributed by atoms with Crippen molar-refractivity contribution in [1.29, 1.82) is 0 Å². The lowest BCUT2D eigenvalue weighted by Crippen LogP contribution is -2.19. The number of nitrogens with two attached hydrogens (primary N) is 1. The molecule has 4 nitrogen and oxygen atoms in total. The lowest BCUT2D eigenvalue weighted by atomic mass is 10.5. The Morgan fingerprint density at radius 3 is 2.75 bits per heavy atom. The Balaban J connectivity index is 3.75. The van der Waals surface area contributed by atoms with Crippen LogP contribution in [0.25, 0.3) is 0 Å². The zero-order chi connectivity index (χ0) is 9.56. The molecule has 0 fully saturated rings. The SMILES string of the molecule is C=C(NC(=O)CC)S/N=C(/C)N. The van der Waals surface area contributed by atoms with Gasteiger partial charge in [-0.1, -0.05) is 13.5 Å². The van der Waals surface area contributed by atoms with E-state index < -0.39 is 0 Å². The van der Waals surface area contributed by atoms with Gasteiger partial charge in [-0.15, -0.1) is 0 Å². The van der Waals surface area contributed by atoms with E-state index in [1.165, 1.54) is 0 Å². The fraction of sp³-hybridized carbons (Fsp3) is 0.429. The van der Waals surface area contributed by atoms with Gasteiger partial charge in [0, 0.05) is 18.4 Å². The molecule has 0 aliphatic carbocycles. The van der Waals surface area contributed by atoms with Gasteiger partial charge < -0.3 is 11.1 Å². The highest BCUT2D eigenvalue weighted by Crippen LogP contribution is 2.10. The average molecular weight is 187 g/mol. The Morgan fingerprint density at radius 1 is 1.75 bits per heavy atom. The summed E-state index contributed by atoms with van der Waals surface area (Å²) < 4.78 is 3.81. The molecule has 0 radical (unpaired) electrons. The summed E-state index contributed by atoms with van der Waals surface area (Å²) in [5.74, 6) is 0.379. The molecule has 0 aromatic carbocycles. The molecule has 12 heavy (non-hydrogen) atoms. The first-order valence-corrected chi connectivity index (χ1v) is 4.29. The number of rotatable bonds is 4. The molecule has 0 atom stereocenters. The summed E-state index contributed by atoms with van der Waals surface area (Å²) in [4.78, 5) is 10.8. The molecule has 0 saturated carbocycles. The van der Waals surface area contributed by atoms with Crippen molar-refractivity contribution in [1.82, 2.24) is 5.32 Å². The summed E-state index contributed by atoms with van der Waals surface area (Å²) in [6.45, 7) is 7.02. The van der Waals surface area contributed by atoms with Crippen molar-refractivity contribution >= 4 is 23.7 Å². The average Bonchev–Trinajstić information content (AvgIpc) is 2.00. The molecule has 5 heteroatoms. The molecule has 0 aliphatic rings. The second-order valence-electron chi connectivity index (χ2n) is 2.15. The maximum Gasteiger partial charge on any atom is 0.224 e. The summed E-state index contributed by atoms with van der Waals surface area (Å²) in [7, 11) is 0. The first-order chi connectivity index (χ1) is 5.56. The maximum atomic E-state index is 10.8. The van der Waals surface area contributed by atoms with E-state index in [0.717, 1.165) is 11.9 Å². The quantitative estimate of drug-likeness (QED) is 0.392. The van der Waals surface area contributed by atoms with E-state index in [1.54, 1.807) is 13.8 Å². The zero-order valence-corrected chi connectivity index (χ0v) is 8.07. The van der Waals surface area contributed by atoms with Crippen molar-refractivity contribution in [2.24, 2.45) is 10.1 Å². The summed E-state index contributed by atoms with van der Waals surface area (Å²) in [6.07, 6.45) is 0.435. The lowest BCUT2D eigenvalue weighted by molar-refractivity contribution is -0.119. The number of hydrogen-bond donors (Lipinski definition) is 2. The summed E-state index contributed by atoms with van der Waals surface area (Å²) in [5, 5.41) is 3.04. The minimum absolute atomic E-state index is 0.0719. The highest BCUT2D eigenvalue weighted by molar-refractivity contribution is 8.01. The molecule has 0 aliphatic heterocycles. The summed E-state index contributed by atoms with van der Waals surface area (Å²) in [6, 6.07) is 0. The first-order valence-electron chi connectivity index (χ1n) is 3.52. The van der Waals surface area contributed by atoms with Crippen molar-refractivity contribution in [3.63, 3.8) is 0 Å². The van der Waals surface area contributed by atoms with Crippen LogP contribution in [0.1, 0.15) is 20.3 Å². The molecule has 0 bridgehead atoms. The highest BCUT2D eigenvalue weighted by atomic mass is 32.2. The van der Waals surface area contributed by atoms with Gasteiger partial charge in [-0.2, -0.15) is 4.40 Å². The van der Waals surface area contributed by atoms with Crippen molar-refractivity contribution in [2.45, 2.75) is 20.3 Å². The maximum absolute atomic E-state index is 10.8. The van der Waals surface area contributed by atoms with Crippen LogP contribution >= 0.6 is 11.9 Å². The van der Waals surface area contributed by atoms with Gasteiger partial charge in [-0.05, 0) is 6.92 Å². The summed E-state index contributed by atoms with van der Waals surface area (Å²) >= 11 is 1.06. The molecule has 0 saturated heterocycles. The minimum Gasteiger partial charge on any atom is -0.387 e. The van der Waals surface area contributed by atoms with Gasteiger partial charge in [0.05, 0.1) is 5.03 Å². The molecular weight excluding hydrogens is 174 g/mol. The van der Waals surface area contributed by atoms with Crippen molar-refractivity contribution in [3.05, 3.63) is 11.6 Å². The number of amidine groups is 1.